The first-order chi connectivity index (χ1) is 9.06. The molecule has 0 aliphatic heterocycles. The Hall–Kier alpha value is -2.34. The van der Waals surface area contributed by atoms with E-state index in [1.807, 2.05) is 0 Å². The molecule has 2 N–H and O–H groups in total. The monoisotopic (exact) mass is 278 g/mol. The highest BCUT2D eigenvalue weighted by Gasteiger charge is 2.14. The fourth-order valence-electron chi connectivity index (χ4n) is 1.63. The normalized spacial score (nSPS) is 10.2. The maximum absolute atomic E-state index is 10.9. The van der Waals surface area contributed by atoms with Gasteiger partial charge < -0.3 is 14.9 Å². The smallest absolute Gasteiger partial charge is 0.345 e. The fourth-order valence-corrected chi connectivity index (χ4v) is 2.46. The number of hydrogen-bond donors (Lipinski definition) is 2. The van der Waals surface area contributed by atoms with Crippen LogP contribution in [0, 0.1) is 0 Å². The van der Waals surface area contributed by atoms with Gasteiger partial charge in [-0.25, -0.2) is 4.79 Å². The van der Waals surface area contributed by atoms with Crippen molar-refractivity contribution in [3.05, 3.63) is 34.7 Å². The Balaban J connectivity index is 2.55. The van der Waals surface area contributed by atoms with E-state index in [1.165, 1.54) is 19.2 Å². The molecule has 6 heteroatoms. The van der Waals surface area contributed by atoms with Crippen molar-refractivity contribution in [3.63, 3.8) is 0 Å². The van der Waals surface area contributed by atoms with Crippen molar-refractivity contribution in [2.75, 3.05) is 7.11 Å². The number of phenols is 1. The number of carbonyl (C=O) groups is 2. The molecule has 0 aliphatic rings. The van der Waals surface area contributed by atoms with E-state index in [0.717, 1.165) is 11.3 Å². The first-order valence-electron chi connectivity index (χ1n) is 5.26. The minimum absolute atomic E-state index is 0.0969. The van der Waals surface area contributed by atoms with Crippen molar-refractivity contribution in [3.8, 4) is 21.9 Å². The molecule has 0 radical (unpaired) electrons. The molecular weight excluding hydrogens is 268 g/mol. The highest BCUT2D eigenvalue weighted by molar-refractivity contribution is 7.17. The van der Waals surface area contributed by atoms with Crippen LogP contribution in [-0.2, 0) is 0 Å². The molecule has 0 aliphatic carbocycles. The van der Waals surface area contributed by atoms with Gasteiger partial charge in [-0.3, -0.25) is 4.79 Å². The van der Waals surface area contributed by atoms with Crippen molar-refractivity contribution in [2.24, 2.45) is 0 Å². The molecule has 2 rings (SSSR count). The van der Waals surface area contributed by atoms with Crippen molar-refractivity contribution in [1.82, 2.24) is 0 Å². The molecule has 98 valence electrons. The van der Waals surface area contributed by atoms with E-state index < -0.39 is 5.97 Å². The van der Waals surface area contributed by atoms with Crippen molar-refractivity contribution < 1.29 is 24.5 Å². The largest absolute Gasteiger partial charge is 0.504 e. The maximum Gasteiger partial charge on any atom is 0.345 e. The lowest BCUT2D eigenvalue weighted by Gasteiger charge is -2.07. The Morgan fingerprint density at radius 3 is 2.63 bits per heavy atom. The summed E-state index contributed by atoms with van der Waals surface area (Å²) in [6.45, 7) is 0. The Kier molecular flexibility index (Phi) is 3.52. The number of carbonyl (C=O) groups excluding carboxylic acids is 1. The van der Waals surface area contributed by atoms with Gasteiger partial charge in [0, 0.05) is 4.88 Å². The number of methoxy groups -OCH3 is 1. The highest BCUT2D eigenvalue weighted by Crippen LogP contribution is 2.37. The number of carboxylic acids is 1. The minimum atomic E-state index is -1.00. The van der Waals surface area contributed by atoms with Gasteiger partial charge in [0.2, 0.25) is 0 Å². The van der Waals surface area contributed by atoms with Crippen molar-refractivity contribution >= 4 is 23.6 Å². The SMILES string of the molecule is COc1cc(-c2ccc(C(=O)O)s2)cc(C=O)c1O. The van der Waals surface area contributed by atoms with Gasteiger partial charge in [-0.15, -0.1) is 11.3 Å². The van der Waals surface area contributed by atoms with E-state index in [1.54, 1.807) is 12.1 Å². The van der Waals surface area contributed by atoms with Crippen LogP contribution in [0.1, 0.15) is 20.0 Å². The summed E-state index contributed by atoms with van der Waals surface area (Å²) in [4.78, 5) is 22.6. The molecule has 0 atom stereocenters. The van der Waals surface area contributed by atoms with E-state index in [9.17, 15) is 14.7 Å². The Bertz CT molecular complexity index is 644. The predicted molar refractivity (Wildman–Crippen MR) is 70.3 cm³/mol. The van der Waals surface area contributed by atoms with Crippen molar-refractivity contribution in [1.29, 1.82) is 0 Å². The van der Waals surface area contributed by atoms with Crippen molar-refractivity contribution in [2.45, 2.75) is 0 Å². The lowest BCUT2D eigenvalue weighted by atomic mass is 10.1. The Labute approximate surface area is 112 Å². The molecule has 0 amide bonds. The lowest BCUT2D eigenvalue weighted by Crippen LogP contribution is -1.90. The van der Waals surface area contributed by atoms with Gasteiger partial charge >= 0.3 is 5.97 Å². The third-order valence-electron chi connectivity index (χ3n) is 2.55. The van der Waals surface area contributed by atoms with E-state index in [0.29, 0.717) is 16.7 Å². The third-order valence-corrected chi connectivity index (χ3v) is 3.67. The molecule has 0 fully saturated rings. The summed E-state index contributed by atoms with van der Waals surface area (Å²) in [5.41, 5.74) is 0.717. The average Bonchev–Trinajstić information content (AvgIpc) is 2.89. The number of aromatic carboxylic acids is 1. The van der Waals surface area contributed by atoms with Crippen LogP contribution in [0.4, 0.5) is 0 Å². The second kappa shape index (κ2) is 5.11. The van der Waals surface area contributed by atoms with E-state index in [2.05, 4.69) is 0 Å². The van der Waals surface area contributed by atoms with Crippen LogP contribution in [0.3, 0.4) is 0 Å². The van der Waals surface area contributed by atoms with Gasteiger partial charge in [0.15, 0.2) is 17.8 Å². The van der Waals surface area contributed by atoms with Crippen LogP contribution >= 0.6 is 11.3 Å². The van der Waals surface area contributed by atoms with E-state index in [4.69, 9.17) is 9.84 Å². The van der Waals surface area contributed by atoms with Gasteiger partial charge in [-0.2, -0.15) is 0 Å². The zero-order valence-corrected chi connectivity index (χ0v) is 10.7. The zero-order valence-electron chi connectivity index (χ0n) is 9.91. The van der Waals surface area contributed by atoms with Crippen LogP contribution in [-0.4, -0.2) is 29.6 Å². The summed E-state index contributed by atoms with van der Waals surface area (Å²) >= 11 is 1.09. The summed E-state index contributed by atoms with van der Waals surface area (Å²) in [6.07, 6.45) is 0.521. The average molecular weight is 278 g/mol. The Morgan fingerprint density at radius 1 is 1.37 bits per heavy atom. The maximum atomic E-state index is 10.9. The number of aldehydes is 1. The van der Waals surface area contributed by atoms with Gasteiger partial charge in [-0.05, 0) is 29.8 Å². The molecule has 1 heterocycles. The number of rotatable bonds is 4. The van der Waals surface area contributed by atoms with E-state index in [-0.39, 0.29) is 21.9 Å². The number of hydrogen-bond acceptors (Lipinski definition) is 5. The molecular formula is C13H10O5S. The molecule has 2 aromatic rings. The molecule has 0 spiro atoms. The van der Waals surface area contributed by atoms with Gasteiger partial charge in [0.05, 0.1) is 12.7 Å². The number of thiophene rings is 1. The van der Waals surface area contributed by atoms with Gasteiger partial charge in [0.1, 0.15) is 4.88 Å². The van der Waals surface area contributed by atoms with Crippen LogP contribution < -0.4 is 4.74 Å². The predicted octanol–water partition coefficient (Wildman–Crippen LogP) is 2.64. The first kappa shape index (κ1) is 13.1. The summed E-state index contributed by atoms with van der Waals surface area (Å²) in [7, 11) is 1.38. The number of phenolic OH excluding ortho intramolecular Hbond substituents is 1. The summed E-state index contributed by atoms with van der Waals surface area (Å²) in [5.74, 6) is -1.06. The summed E-state index contributed by atoms with van der Waals surface area (Å²) < 4.78 is 4.98. The molecule has 19 heavy (non-hydrogen) atoms. The zero-order chi connectivity index (χ0) is 14.0. The minimum Gasteiger partial charge on any atom is -0.504 e. The molecule has 0 bridgehead atoms. The number of carboxylic acid groups (broad SMARTS) is 1. The standard InChI is InChI=1S/C13H10O5S/c1-18-9-5-7(4-8(6-14)12(9)15)10-2-3-11(19-10)13(16)17/h2-6,15H,1H3,(H,16,17). The van der Waals surface area contributed by atoms with Crippen LogP contribution in [0.5, 0.6) is 11.5 Å². The summed E-state index contributed by atoms with van der Waals surface area (Å²) in [6, 6.07) is 6.18. The van der Waals surface area contributed by atoms with E-state index >= 15 is 0 Å². The third kappa shape index (κ3) is 2.43. The Morgan fingerprint density at radius 2 is 2.11 bits per heavy atom. The number of ether oxygens (including phenoxy) is 1. The van der Waals surface area contributed by atoms with Crippen LogP contribution in [0.15, 0.2) is 24.3 Å². The second-order valence-electron chi connectivity index (χ2n) is 3.70. The van der Waals surface area contributed by atoms with Crippen LogP contribution in [0.2, 0.25) is 0 Å². The highest BCUT2D eigenvalue weighted by atomic mass is 32.1. The molecule has 1 aromatic heterocycles. The van der Waals surface area contributed by atoms with Gasteiger partial charge in [0.25, 0.3) is 0 Å². The number of benzene rings is 1. The topological polar surface area (TPSA) is 83.8 Å². The molecule has 0 unspecified atom stereocenters. The van der Waals surface area contributed by atoms with Crippen LogP contribution in [0.25, 0.3) is 10.4 Å². The molecule has 0 saturated heterocycles. The fraction of sp³-hybridized carbons (Fsp3) is 0.0769. The van der Waals surface area contributed by atoms with Gasteiger partial charge in [-0.1, -0.05) is 0 Å². The summed E-state index contributed by atoms with van der Waals surface area (Å²) in [5, 5.41) is 18.6. The second-order valence-corrected chi connectivity index (χ2v) is 4.79. The lowest BCUT2D eigenvalue weighted by molar-refractivity contribution is 0.0702. The molecule has 1 aromatic carbocycles. The molecule has 0 saturated carbocycles. The number of aromatic hydroxyl groups is 1. The molecule has 5 nitrogen and oxygen atoms in total. The quantitative estimate of drug-likeness (QED) is 0.840. The first-order valence-corrected chi connectivity index (χ1v) is 6.08.